The Morgan fingerprint density at radius 3 is 2.22 bits per heavy atom. The Hall–Kier alpha value is -3.10. The second kappa shape index (κ2) is 7.79. The summed E-state index contributed by atoms with van der Waals surface area (Å²) in [6.45, 7) is -0.526. The van der Waals surface area contributed by atoms with E-state index in [1.807, 2.05) is 0 Å². The summed E-state index contributed by atoms with van der Waals surface area (Å²) in [4.78, 5) is 35.7. The normalized spacial score (nSPS) is 22.7. The molecule has 1 fully saturated rings. The number of carbonyl (C=O) groups excluding carboxylic acids is 3. The molecule has 1 aromatic carbocycles. The van der Waals surface area contributed by atoms with Gasteiger partial charge in [-0.3, -0.25) is 14.5 Å². The van der Waals surface area contributed by atoms with E-state index < -0.39 is 75.0 Å². The van der Waals surface area contributed by atoms with E-state index >= 15 is 0 Å². The number of nitrogens with zero attached hydrogens (tertiary/aromatic N) is 1. The van der Waals surface area contributed by atoms with Gasteiger partial charge in [-0.2, -0.15) is 26.3 Å². The highest BCUT2D eigenvalue weighted by atomic mass is 32.2. The number of carbonyl (C=O) groups is 3. The minimum Gasteiger partial charge on any atom is -0.456 e. The van der Waals surface area contributed by atoms with E-state index in [0.717, 1.165) is 5.32 Å². The fraction of sp³-hybridized carbons (Fsp3) is 0.353. The Bertz CT molecular complexity index is 1100. The number of ether oxygens (including phenoxy) is 1. The third-order valence-electron chi connectivity index (χ3n) is 4.58. The van der Waals surface area contributed by atoms with Crippen LogP contribution in [0.4, 0.5) is 26.3 Å². The van der Waals surface area contributed by atoms with Crippen LogP contribution in [0.3, 0.4) is 0 Å². The van der Waals surface area contributed by atoms with E-state index in [1.54, 1.807) is 18.2 Å². The SMILES string of the molecule is O=C(OCc1ccccc1)C1=C(C(F)(F)F)CS(=O)(=O)C2[C@@H](NC(=O)C(F)(F)F)C(=O)N12. The van der Waals surface area contributed by atoms with Crippen LogP contribution >= 0.6 is 0 Å². The van der Waals surface area contributed by atoms with Crippen molar-refractivity contribution in [3.63, 3.8) is 0 Å². The lowest BCUT2D eigenvalue weighted by Gasteiger charge is -2.49. The lowest BCUT2D eigenvalue weighted by Crippen LogP contribution is -2.75. The molecule has 2 aliphatic heterocycles. The van der Waals surface area contributed by atoms with Gasteiger partial charge in [0.15, 0.2) is 15.2 Å². The van der Waals surface area contributed by atoms with Gasteiger partial charge in [0.25, 0.3) is 5.91 Å². The number of alkyl halides is 6. The zero-order valence-electron chi connectivity index (χ0n) is 15.5. The quantitative estimate of drug-likeness (QED) is 0.389. The average Bonchev–Trinajstić information content (AvgIpc) is 2.68. The van der Waals surface area contributed by atoms with Crippen molar-refractivity contribution in [1.29, 1.82) is 0 Å². The first-order chi connectivity index (χ1) is 14.6. The zero-order valence-corrected chi connectivity index (χ0v) is 16.3. The molecule has 0 spiro atoms. The molecule has 0 radical (unpaired) electrons. The third-order valence-corrected chi connectivity index (χ3v) is 6.49. The highest BCUT2D eigenvalue weighted by Crippen LogP contribution is 2.42. The summed E-state index contributed by atoms with van der Waals surface area (Å²) in [6.07, 6.45) is -10.9. The number of hydrogen-bond donors (Lipinski definition) is 1. The summed E-state index contributed by atoms with van der Waals surface area (Å²) in [5.74, 6) is -7.79. The van der Waals surface area contributed by atoms with Crippen LogP contribution in [0.25, 0.3) is 0 Å². The van der Waals surface area contributed by atoms with Crippen molar-refractivity contribution in [3.8, 4) is 0 Å². The Morgan fingerprint density at radius 2 is 1.69 bits per heavy atom. The molecule has 1 unspecified atom stereocenters. The standard InChI is InChI=1S/C17H12F6N2O6S/c18-16(19,20)9-7-32(29,30)13-10(24-15(28)17(21,22)23)12(26)25(13)11(9)14(27)31-6-8-4-2-1-3-5-8/h1-5,10,13H,6-7H2,(H,24,28)/t10-,13?/m0/s1. The fourth-order valence-electron chi connectivity index (χ4n) is 3.16. The number of esters is 1. The van der Waals surface area contributed by atoms with Crippen LogP contribution in [0.5, 0.6) is 0 Å². The molecule has 8 nitrogen and oxygen atoms in total. The minimum atomic E-state index is -5.48. The predicted octanol–water partition coefficient (Wildman–Crippen LogP) is 1.19. The van der Waals surface area contributed by atoms with E-state index in [4.69, 9.17) is 4.74 Å². The molecule has 2 atom stereocenters. The van der Waals surface area contributed by atoms with E-state index in [0.29, 0.717) is 5.56 Å². The summed E-state index contributed by atoms with van der Waals surface area (Å²) in [5, 5.41) is -1.19. The maximum atomic E-state index is 13.5. The molecule has 1 saturated heterocycles. The van der Waals surface area contributed by atoms with E-state index in [9.17, 15) is 49.1 Å². The maximum Gasteiger partial charge on any atom is 0.471 e. The first kappa shape index (κ1) is 23.6. The maximum absolute atomic E-state index is 13.5. The molecule has 2 amide bonds. The molecule has 174 valence electrons. The van der Waals surface area contributed by atoms with Gasteiger partial charge in [0.2, 0.25) is 0 Å². The third kappa shape index (κ3) is 4.28. The van der Waals surface area contributed by atoms with Gasteiger partial charge in [0, 0.05) is 0 Å². The Kier molecular flexibility index (Phi) is 5.74. The number of β-lactam (4-membered cyclic amide) rings is 1. The number of halogens is 6. The largest absolute Gasteiger partial charge is 0.471 e. The van der Waals surface area contributed by atoms with Gasteiger partial charge in [0.05, 0.1) is 11.3 Å². The zero-order chi connectivity index (χ0) is 24.1. The summed E-state index contributed by atoms with van der Waals surface area (Å²) in [7, 11) is -4.93. The van der Waals surface area contributed by atoms with Crippen LogP contribution in [-0.2, 0) is 35.6 Å². The predicted molar refractivity (Wildman–Crippen MR) is 91.7 cm³/mol. The summed E-state index contributed by atoms with van der Waals surface area (Å²) >= 11 is 0. The van der Waals surface area contributed by atoms with Crippen molar-refractivity contribution in [1.82, 2.24) is 10.2 Å². The van der Waals surface area contributed by atoms with E-state index in [1.165, 1.54) is 12.1 Å². The molecule has 0 aromatic heterocycles. The van der Waals surface area contributed by atoms with Crippen molar-refractivity contribution in [2.24, 2.45) is 0 Å². The molecular weight excluding hydrogens is 474 g/mol. The average molecular weight is 486 g/mol. The van der Waals surface area contributed by atoms with Gasteiger partial charge in [-0.1, -0.05) is 30.3 Å². The fourth-order valence-corrected chi connectivity index (χ4v) is 5.16. The van der Waals surface area contributed by atoms with Gasteiger partial charge in [0.1, 0.15) is 18.3 Å². The lowest BCUT2D eigenvalue weighted by molar-refractivity contribution is -0.177. The van der Waals surface area contributed by atoms with Crippen molar-refractivity contribution >= 4 is 27.6 Å². The summed E-state index contributed by atoms with van der Waals surface area (Å²) in [5.41, 5.74) is -2.99. The van der Waals surface area contributed by atoms with Gasteiger partial charge in [-0.15, -0.1) is 0 Å². The highest BCUT2D eigenvalue weighted by molar-refractivity contribution is 7.92. The number of amides is 2. The molecule has 15 heteroatoms. The molecule has 2 heterocycles. The van der Waals surface area contributed by atoms with Crippen LogP contribution in [0.2, 0.25) is 0 Å². The highest BCUT2D eigenvalue weighted by Gasteiger charge is 2.64. The molecular formula is C17H12F6N2O6S. The van der Waals surface area contributed by atoms with Crippen LogP contribution in [-0.4, -0.2) is 60.6 Å². The van der Waals surface area contributed by atoms with Crippen LogP contribution in [0.15, 0.2) is 41.6 Å². The van der Waals surface area contributed by atoms with Crippen LogP contribution in [0.1, 0.15) is 5.56 Å². The molecule has 0 bridgehead atoms. The minimum absolute atomic E-state index is 0.101. The smallest absolute Gasteiger partial charge is 0.456 e. The lowest BCUT2D eigenvalue weighted by atomic mass is 10.0. The molecule has 32 heavy (non-hydrogen) atoms. The molecule has 0 aliphatic carbocycles. The summed E-state index contributed by atoms with van der Waals surface area (Å²) in [6, 6.07) is 5.32. The Morgan fingerprint density at radius 1 is 1.09 bits per heavy atom. The number of rotatable bonds is 4. The van der Waals surface area contributed by atoms with Crippen molar-refractivity contribution in [3.05, 3.63) is 47.2 Å². The first-order valence-corrected chi connectivity index (χ1v) is 10.3. The molecule has 1 N–H and O–H groups in total. The molecule has 1 aromatic rings. The Labute approximate surface area is 175 Å². The van der Waals surface area contributed by atoms with Gasteiger partial charge in [-0.05, 0) is 5.56 Å². The van der Waals surface area contributed by atoms with E-state index in [2.05, 4.69) is 0 Å². The van der Waals surface area contributed by atoms with Crippen molar-refractivity contribution < 1.29 is 53.9 Å². The van der Waals surface area contributed by atoms with Crippen molar-refractivity contribution in [2.45, 2.75) is 30.4 Å². The number of fused-ring (bicyclic) bond motifs is 1. The van der Waals surface area contributed by atoms with Gasteiger partial charge in [-0.25, -0.2) is 13.2 Å². The van der Waals surface area contributed by atoms with Crippen molar-refractivity contribution in [2.75, 3.05) is 5.75 Å². The van der Waals surface area contributed by atoms with Crippen LogP contribution < -0.4 is 5.32 Å². The molecule has 2 aliphatic rings. The number of hydrogen-bond acceptors (Lipinski definition) is 6. The summed E-state index contributed by atoms with van der Waals surface area (Å²) < 4.78 is 107. The topological polar surface area (TPSA) is 110 Å². The van der Waals surface area contributed by atoms with Gasteiger partial charge >= 0.3 is 24.2 Å². The molecule has 3 rings (SSSR count). The number of nitrogens with one attached hydrogen (secondary N) is 1. The second-order valence-corrected chi connectivity index (χ2v) is 8.84. The monoisotopic (exact) mass is 486 g/mol. The van der Waals surface area contributed by atoms with Gasteiger partial charge < -0.3 is 10.1 Å². The first-order valence-electron chi connectivity index (χ1n) is 8.58. The number of sulfone groups is 1. The molecule has 0 saturated carbocycles. The Balaban J connectivity index is 1.96. The number of benzene rings is 1. The van der Waals surface area contributed by atoms with Crippen LogP contribution in [0, 0.1) is 0 Å². The van der Waals surface area contributed by atoms with E-state index in [-0.39, 0.29) is 4.90 Å². The second-order valence-electron chi connectivity index (χ2n) is 6.74.